The predicted octanol–water partition coefficient (Wildman–Crippen LogP) is 2.46. The minimum atomic E-state index is -0.436. The summed E-state index contributed by atoms with van der Waals surface area (Å²) in [5, 5.41) is 0. The molecular formula is C10H21BN2. The van der Waals surface area contributed by atoms with Gasteiger partial charge < -0.3 is 10.6 Å². The zero-order chi connectivity index (χ0) is 9.46. The number of aromatic nitrogens is 1. The smallest absolute Gasteiger partial charge is 0.272 e. The Kier molecular flexibility index (Phi) is 3.67. The highest BCUT2D eigenvalue weighted by atomic mass is 14.9. The summed E-state index contributed by atoms with van der Waals surface area (Å²) in [4.78, 5) is 0. The van der Waals surface area contributed by atoms with Crippen molar-refractivity contribution in [2.24, 2.45) is 0 Å². The van der Waals surface area contributed by atoms with E-state index in [1.807, 2.05) is 0 Å². The van der Waals surface area contributed by atoms with Gasteiger partial charge in [-0.1, -0.05) is 0 Å². The first-order valence-corrected chi connectivity index (χ1v) is 4.72. The molecule has 74 valence electrons. The summed E-state index contributed by atoms with van der Waals surface area (Å²) in [6, 6.07) is 0. The molecule has 1 heterocycles. The third kappa shape index (κ3) is 1.75. The maximum absolute atomic E-state index is 4.13. The van der Waals surface area contributed by atoms with Crippen LogP contribution in [0.15, 0.2) is 0 Å². The first kappa shape index (κ1) is 12.2. The molecule has 2 nitrogen and oxygen atoms in total. The van der Waals surface area contributed by atoms with E-state index in [1.165, 1.54) is 22.5 Å². The molecule has 0 aliphatic carbocycles. The second kappa shape index (κ2) is 3.92. The van der Waals surface area contributed by atoms with E-state index >= 15 is 0 Å². The summed E-state index contributed by atoms with van der Waals surface area (Å²) in [7, 11) is 0. The Hall–Kier alpha value is -0.825. The van der Waals surface area contributed by atoms with Gasteiger partial charge in [0.1, 0.15) is 0 Å². The molecule has 3 heteroatoms. The van der Waals surface area contributed by atoms with Crippen LogP contribution in [0.2, 0.25) is 6.82 Å². The molecule has 1 unspecified atom stereocenters. The Balaban J connectivity index is 0.00000144. The van der Waals surface area contributed by atoms with Gasteiger partial charge in [0.05, 0.1) is 0 Å². The van der Waals surface area contributed by atoms with Gasteiger partial charge in [0.25, 0.3) is 6.85 Å². The third-order valence-electron chi connectivity index (χ3n) is 3.00. The van der Waals surface area contributed by atoms with Crippen molar-refractivity contribution in [1.82, 2.24) is 10.6 Å². The summed E-state index contributed by atoms with van der Waals surface area (Å²) in [5.74, 6) is 0. The fraction of sp³-hybridized carbons (Fsp3) is 0.500. The van der Waals surface area contributed by atoms with Crippen molar-refractivity contribution < 1.29 is 0 Å². The Morgan fingerprint density at radius 3 is 1.46 bits per heavy atom. The molecule has 0 amide bonds. The lowest BCUT2D eigenvalue weighted by Crippen LogP contribution is -2.19. The van der Waals surface area contributed by atoms with E-state index < -0.39 is 6.85 Å². The largest absolute Gasteiger partial charge is 0.485 e. The minimum Gasteiger partial charge on any atom is -0.485 e. The van der Waals surface area contributed by atoms with Crippen molar-refractivity contribution in [3.63, 3.8) is 0 Å². The van der Waals surface area contributed by atoms with Gasteiger partial charge in [-0.25, -0.2) is 0 Å². The molecule has 1 aromatic heterocycles. The Bertz CT molecular complexity index is 275. The zero-order valence-corrected chi connectivity index (χ0v) is 9.57. The van der Waals surface area contributed by atoms with Crippen LogP contribution < -0.4 is 6.15 Å². The normalized spacial score (nSPS) is 12.4. The molecule has 1 aromatic rings. The van der Waals surface area contributed by atoms with Crippen LogP contribution in [-0.4, -0.2) is 11.3 Å². The first-order valence-electron chi connectivity index (χ1n) is 4.72. The summed E-state index contributed by atoms with van der Waals surface area (Å²) >= 11 is 0. The highest BCUT2D eigenvalue weighted by Crippen LogP contribution is 2.20. The quantitative estimate of drug-likeness (QED) is 0.523. The fourth-order valence-electron chi connectivity index (χ4n) is 2.01. The highest BCUT2D eigenvalue weighted by molar-refractivity contribution is 6.57. The predicted molar refractivity (Wildman–Crippen MR) is 62.2 cm³/mol. The molecule has 0 fully saturated rings. The van der Waals surface area contributed by atoms with Gasteiger partial charge in [-0.2, -0.15) is 0 Å². The van der Waals surface area contributed by atoms with Gasteiger partial charge in [0.15, 0.2) is 0 Å². The van der Waals surface area contributed by atoms with Crippen molar-refractivity contribution >= 4 is 6.85 Å². The van der Waals surface area contributed by atoms with Gasteiger partial charge in [-0.05, 0) is 50.2 Å². The van der Waals surface area contributed by atoms with Crippen LogP contribution >= 0.6 is 0 Å². The van der Waals surface area contributed by atoms with E-state index in [4.69, 9.17) is 0 Å². The van der Waals surface area contributed by atoms with Crippen LogP contribution in [0.25, 0.3) is 0 Å². The molecule has 1 rings (SSSR count). The van der Waals surface area contributed by atoms with Gasteiger partial charge in [-0.3, -0.25) is 0 Å². The molecular weight excluding hydrogens is 159 g/mol. The summed E-state index contributed by atoms with van der Waals surface area (Å²) < 4.78 is 2.38. The second-order valence-corrected chi connectivity index (χ2v) is 3.89. The van der Waals surface area contributed by atoms with Crippen LogP contribution in [0.5, 0.6) is 0 Å². The molecule has 0 aliphatic heterocycles. The maximum Gasteiger partial charge on any atom is 0.272 e. The Labute approximate surface area is 82.0 Å². The van der Waals surface area contributed by atoms with E-state index in [0.29, 0.717) is 0 Å². The molecule has 3 N–H and O–H groups in total. The van der Waals surface area contributed by atoms with Gasteiger partial charge in [0.2, 0.25) is 0 Å². The van der Waals surface area contributed by atoms with E-state index in [1.54, 1.807) is 0 Å². The number of rotatable bonds is 1. The van der Waals surface area contributed by atoms with Gasteiger partial charge in [-0.15, -0.1) is 13.6 Å². The van der Waals surface area contributed by atoms with Crippen molar-refractivity contribution in [1.29, 1.82) is 0 Å². The molecule has 0 saturated heterocycles. The molecule has 0 aliphatic rings. The number of hydrogen-bond acceptors (Lipinski definition) is 1. The zero-order valence-electron chi connectivity index (χ0n) is 9.57. The summed E-state index contributed by atoms with van der Waals surface area (Å²) in [6.45, 7) is 14.7. The molecule has 0 bridgehead atoms. The SMILES string of the molecule is N.[CH2+][BH-](C)n1c(C)c(C)c(C)c1C. The van der Waals surface area contributed by atoms with Crippen molar-refractivity contribution in [3.05, 3.63) is 29.3 Å². The van der Waals surface area contributed by atoms with E-state index in [9.17, 15) is 0 Å². The second-order valence-electron chi connectivity index (χ2n) is 3.89. The topological polar surface area (TPSA) is 39.9 Å². The van der Waals surface area contributed by atoms with Crippen molar-refractivity contribution in [2.45, 2.75) is 34.5 Å². The van der Waals surface area contributed by atoms with Gasteiger partial charge >= 0.3 is 0 Å². The number of nitrogens with zero attached hydrogens (tertiary/aromatic N) is 1. The summed E-state index contributed by atoms with van der Waals surface area (Å²) in [5.41, 5.74) is 5.64. The molecule has 1 atom stereocenters. The third-order valence-corrected chi connectivity index (χ3v) is 3.00. The Morgan fingerprint density at radius 1 is 1.00 bits per heavy atom. The average Bonchev–Trinajstić information content (AvgIpc) is 2.16. The lowest BCUT2D eigenvalue weighted by Gasteiger charge is -2.15. The molecule has 13 heavy (non-hydrogen) atoms. The van der Waals surface area contributed by atoms with E-state index in [0.717, 1.165) is 0 Å². The molecule has 0 saturated carbocycles. The van der Waals surface area contributed by atoms with Gasteiger partial charge in [0, 0.05) is 0 Å². The maximum atomic E-state index is 4.13. The lowest BCUT2D eigenvalue weighted by molar-refractivity contribution is 1.04. The lowest BCUT2D eigenvalue weighted by atomic mass is 9.67. The van der Waals surface area contributed by atoms with Crippen LogP contribution in [0.1, 0.15) is 22.5 Å². The van der Waals surface area contributed by atoms with Crippen LogP contribution in [0.4, 0.5) is 0 Å². The van der Waals surface area contributed by atoms with Crippen LogP contribution in [0.3, 0.4) is 0 Å². The minimum absolute atomic E-state index is 0. The molecule has 0 radical (unpaired) electrons. The average molecular weight is 180 g/mol. The number of hydrogen-bond donors (Lipinski definition) is 1. The Morgan fingerprint density at radius 2 is 1.31 bits per heavy atom. The van der Waals surface area contributed by atoms with Crippen LogP contribution in [-0.2, 0) is 0 Å². The van der Waals surface area contributed by atoms with Crippen molar-refractivity contribution in [3.8, 4) is 0 Å². The standard InChI is InChI=1S/C10H18BN.H3N/c1-7-8(2)10(4)12(9(7)3)11(5)6;/h11H,5H2,1-4,6H3;1H3. The molecule has 0 aromatic carbocycles. The van der Waals surface area contributed by atoms with Crippen LogP contribution in [0, 0.1) is 34.5 Å². The first-order chi connectivity index (χ1) is 5.46. The summed E-state index contributed by atoms with van der Waals surface area (Å²) in [6.07, 6.45) is 0. The monoisotopic (exact) mass is 180 g/mol. The molecule has 0 spiro atoms. The fourth-order valence-corrected chi connectivity index (χ4v) is 2.01. The van der Waals surface area contributed by atoms with E-state index in [2.05, 4.69) is 45.8 Å². The highest BCUT2D eigenvalue weighted by Gasteiger charge is 2.11. The van der Waals surface area contributed by atoms with Crippen molar-refractivity contribution in [2.75, 3.05) is 0 Å². The van der Waals surface area contributed by atoms with E-state index in [-0.39, 0.29) is 6.15 Å².